The van der Waals surface area contributed by atoms with Gasteiger partial charge >= 0.3 is 0 Å². The molecule has 0 radical (unpaired) electrons. The normalized spacial score (nSPS) is 11.5. The summed E-state index contributed by atoms with van der Waals surface area (Å²) >= 11 is 0. The molecule has 19 heavy (non-hydrogen) atoms. The largest absolute Gasteiger partial charge is 0.476 e. The van der Waals surface area contributed by atoms with Gasteiger partial charge in [0.2, 0.25) is 0 Å². The van der Waals surface area contributed by atoms with Crippen molar-refractivity contribution in [3.63, 3.8) is 0 Å². The van der Waals surface area contributed by atoms with E-state index in [1.165, 1.54) is 0 Å². The number of rotatable bonds is 4. The van der Waals surface area contributed by atoms with Crippen molar-refractivity contribution in [1.82, 2.24) is 9.78 Å². The fourth-order valence-corrected chi connectivity index (χ4v) is 1.92. The Kier molecular flexibility index (Phi) is 3.48. The van der Waals surface area contributed by atoms with Crippen molar-refractivity contribution in [1.29, 1.82) is 0 Å². The molecule has 0 saturated carbocycles. The Balaban J connectivity index is 2.29. The average Bonchev–Trinajstić information content (AvgIpc) is 2.74. The Morgan fingerprint density at radius 2 is 2.11 bits per heavy atom. The van der Waals surface area contributed by atoms with Crippen LogP contribution in [0.25, 0.3) is 11.1 Å². The van der Waals surface area contributed by atoms with E-state index in [9.17, 15) is 8.42 Å². The minimum absolute atomic E-state index is 0.353. The highest BCUT2D eigenvalue weighted by molar-refractivity contribution is 7.90. The van der Waals surface area contributed by atoms with Crippen molar-refractivity contribution in [3.05, 3.63) is 30.6 Å². The van der Waals surface area contributed by atoms with Crippen LogP contribution in [0.4, 0.5) is 5.69 Å². The number of nitrogens with two attached hydrogens (primary N) is 1. The summed E-state index contributed by atoms with van der Waals surface area (Å²) in [5.74, 6) is -0.0416. The quantitative estimate of drug-likeness (QED) is 0.846. The van der Waals surface area contributed by atoms with E-state index in [-0.39, 0.29) is 0 Å². The van der Waals surface area contributed by atoms with Crippen LogP contribution in [-0.4, -0.2) is 30.4 Å². The van der Waals surface area contributed by atoms with E-state index < -0.39 is 15.8 Å². The van der Waals surface area contributed by atoms with Gasteiger partial charge in [0, 0.05) is 25.1 Å². The van der Waals surface area contributed by atoms with Gasteiger partial charge in [-0.1, -0.05) is 6.07 Å². The van der Waals surface area contributed by atoms with Gasteiger partial charge < -0.3 is 10.5 Å². The number of benzene rings is 1. The lowest BCUT2D eigenvalue weighted by Gasteiger charge is -2.09. The van der Waals surface area contributed by atoms with Gasteiger partial charge in [-0.25, -0.2) is 8.42 Å². The summed E-state index contributed by atoms with van der Waals surface area (Å²) in [5, 5.41) is 4.08. The Morgan fingerprint density at radius 3 is 2.68 bits per heavy atom. The molecule has 1 heterocycles. The molecule has 0 atom stereocenters. The standard InChI is InChI=1S/C12H15N3O3S/c1-15-7-10(6-14-15)9-3-4-11(13)12(5-9)18-8-19(2,16)17/h3-7H,8,13H2,1-2H3. The van der Waals surface area contributed by atoms with Crippen LogP contribution in [0.15, 0.2) is 30.6 Å². The fourth-order valence-electron chi connectivity index (χ4n) is 1.58. The Bertz CT molecular complexity index is 692. The number of anilines is 1. The smallest absolute Gasteiger partial charge is 0.189 e. The van der Waals surface area contributed by atoms with Gasteiger partial charge in [0.05, 0.1) is 11.9 Å². The zero-order valence-electron chi connectivity index (χ0n) is 10.7. The SMILES string of the molecule is Cn1cc(-c2ccc(N)c(OCS(C)(=O)=O)c2)cn1. The van der Waals surface area contributed by atoms with Gasteiger partial charge in [-0.05, 0) is 17.7 Å². The van der Waals surface area contributed by atoms with Crippen molar-refractivity contribution in [2.75, 3.05) is 17.9 Å². The summed E-state index contributed by atoms with van der Waals surface area (Å²) in [6.45, 7) is 0. The number of sulfone groups is 1. The zero-order valence-corrected chi connectivity index (χ0v) is 11.5. The summed E-state index contributed by atoms with van der Waals surface area (Å²) in [6.07, 6.45) is 4.67. The number of hydrogen-bond donors (Lipinski definition) is 1. The molecular weight excluding hydrogens is 266 g/mol. The second-order valence-corrected chi connectivity index (χ2v) is 6.43. The van der Waals surface area contributed by atoms with E-state index in [1.54, 1.807) is 23.0 Å². The molecular formula is C12H15N3O3S. The molecule has 102 valence electrons. The molecule has 0 aliphatic rings. The molecule has 0 aliphatic carbocycles. The number of hydrogen-bond acceptors (Lipinski definition) is 5. The highest BCUT2D eigenvalue weighted by Crippen LogP contribution is 2.28. The molecule has 0 aliphatic heterocycles. The second-order valence-electron chi connectivity index (χ2n) is 4.34. The van der Waals surface area contributed by atoms with Crippen molar-refractivity contribution < 1.29 is 13.2 Å². The molecule has 7 heteroatoms. The minimum Gasteiger partial charge on any atom is -0.476 e. The minimum atomic E-state index is -3.21. The first-order valence-electron chi connectivity index (χ1n) is 5.54. The lowest BCUT2D eigenvalue weighted by Crippen LogP contribution is -2.10. The molecule has 1 aromatic carbocycles. The van der Waals surface area contributed by atoms with Crippen molar-refractivity contribution in [2.45, 2.75) is 0 Å². The first-order chi connectivity index (χ1) is 8.85. The summed E-state index contributed by atoms with van der Waals surface area (Å²) in [4.78, 5) is 0. The number of aryl methyl sites for hydroxylation is 1. The van der Waals surface area contributed by atoms with Crippen LogP contribution < -0.4 is 10.5 Å². The number of nitrogens with zero attached hydrogens (tertiary/aromatic N) is 2. The lowest BCUT2D eigenvalue weighted by atomic mass is 10.1. The monoisotopic (exact) mass is 281 g/mol. The summed E-state index contributed by atoms with van der Waals surface area (Å²) in [6, 6.07) is 5.22. The predicted octanol–water partition coefficient (Wildman–Crippen LogP) is 1.05. The van der Waals surface area contributed by atoms with Gasteiger partial charge in [0.25, 0.3) is 0 Å². The van der Waals surface area contributed by atoms with Gasteiger partial charge in [0.1, 0.15) is 5.75 Å². The van der Waals surface area contributed by atoms with Gasteiger partial charge in [0.15, 0.2) is 15.8 Å². The Hall–Kier alpha value is -2.02. The van der Waals surface area contributed by atoms with Crippen LogP contribution >= 0.6 is 0 Å². The second kappa shape index (κ2) is 4.93. The molecule has 0 spiro atoms. The van der Waals surface area contributed by atoms with Crippen molar-refractivity contribution in [2.24, 2.45) is 7.05 Å². The molecule has 0 saturated heterocycles. The molecule has 2 aromatic rings. The molecule has 2 N–H and O–H groups in total. The third kappa shape index (κ3) is 3.47. The van der Waals surface area contributed by atoms with E-state index in [0.717, 1.165) is 17.4 Å². The summed E-state index contributed by atoms with van der Waals surface area (Å²) in [7, 11) is -1.39. The lowest BCUT2D eigenvalue weighted by molar-refractivity contribution is 0.380. The summed E-state index contributed by atoms with van der Waals surface area (Å²) in [5.41, 5.74) is 7.94. The fraction of sp³-hybridized carbons (Fsp3) is 0.250. The van der Waals surface area contributed by atoms with E-state index in [2.05, 4.69) is 5.10 Å². The maximum Gasteiger partial charge on any atom is 0.189 e. The molecule has 2 rings (SSSR count). The number of aromatic nitrogens is 2. The highest BCUT2D eigenvalue weighted by Gasteiger charge is 2.09. The Morgan fingerprint density at radius 1 is 1.37 bits per heavy atom. The number of ether oxygens (including phenoxy) is 1. The number of nitrogen functional groups attached to an aromatic ring is 1. The molecule has 6 nitrogen and oxygen atoms in total. The third-order valence-electron chi connectivity index (χ3n) is 2.48. The van der Waals surface area contributed by atoms with Gasteiger partial charge in [-0.2, -0.15) is 5.10 Å². The molecule has 0 bridgehead atoms. The van der Waals surface area contributed by atoms with Crippen LogP contribution in [0.1, 0.15) is 0 Å². The van der Waals surface area contributed by atoms with E-state index in [4.69, 9.17) is 10.5 Å². The molecule has 0 unspecified atom stereocenters. The van der Waals surface area contributed by atoms with Gasteiger partial charge in [-0.15, -0.1) is 0 Å². The highest BCUT2D eigenvalue weighted by atomic mass is 32.2. The van der Waals surface area contributed by atoms with E-state index >= 15 is 0 Å². The average molecular weight is 281 g/mol. The van der Waals surface area contributed by atoms with Gasteiger partial charge in [-0.3, -0.25) is 4.68 Å². The van der Waals surface area contributed by atoms with Crippen LogP contribution in [0.2, 0.25) is 0 Å². The van der Waals surface area contributed by atoms with Crippen molar-refractivity contribution in [3.8, 4) is 16.9 Å². The van der Waals surface area contributed by atoms with Crippen molar-refractivity contribution >= 4 is 15.5 Å². The van der Waals surface area contributed by atoms with Crippen LogP contribution in [0, 0.1) is 0 Å². The summed E-state index contributed by atoms with van der Waals surface area (Å²) < 4.78 is 29.1. The maximum atomic E-state index is 11.1. The zero-order chi connectivity index (χ0) is 14.0. The first-order valence-corrected chi connectivity index (χ1v) is 7.60. The van der Waals surface area contributed by atoms with Crippen LogP contribution in [-0.2, 0) is 16.9 Å². The topological polar surface area (TPSA) is 87.2 Å². The van der Waals surface area contributed by atoms with E-state index in [1.807, 2.05) is 19.3 Å². The van der Waals surface area contributed by atoms with Crippen LogP contribution in [0.5, 0.6) is 5.75 Å². The maximum absolute atomic E-state index is 11.1. The first kappa shape index (κ1) is 13.4. The Labute approximate surface area is 111 Å². The van der Waals surface area contributed by atoms with Crippen LogP contribution in [0.3, 0.4) is 0 Å². The molecule has 0 amide bonds. The molecule has 1 aromatic heterocycles. The third-order valence-corrected chi connectivity index (χ3v) is 3.03. The van der Waals surface area contributed by atoms with E-state index in [0.29, 0.717) is 11.4 Å². The predicted molar refractivity (Wildman–Crippen MR) is 73.4 cm³/mol. The molecule has 0 fully saturated rings.